The first-order chi connectivity index (χ1) is 9.92. The summed E-state index contributed by atoms with van der Waals surface area (Å²) in [6.45, 7) is 1.91. The van der Waals surface area contributed by atoms with Crippen LogP contribution in [0.3, 0.4) is 0 Å². The molecular formula is C13H12Cl2N2O3S. The van der Waals surface area contributed by atoms with Gasteiger partial charge in [0.15, 0.2) is 5.11 Å². The molecule has 5 nitrogen and oxygen atoms in total. The van der Waals surface area contributed by atoms with Crippen LogP contribution in [0.15, 0.2) is 30.4 Å². The number of halogens is 2. The zero-order valence-corrected chi connectivity index (χ0v) is 13.3. The maximum Gasteiger partial charge on any atom is 0.330 e. The van der Waals surface area contributed by atoms with E-state index in [0.717, 1.165) is 12.2 Å². The first-order valence-electron chi connectivity index (χ1n) is 5.84. The average molecular weight is 347 g/mol. The van der Waals surface area contributed by atoms with Crippen LogP contribution < -0.4 is 10.6 Å². The van der Waals surface area contributed by atoms with Crippen LogP contribution in [0.5, 0.6) is 0 Å². The molecule has 0 heterocycles. The van der Waals surface area contributed by atoms with Crippen molar-refractivity contribution in [1.82, 2.24) is 5.32 Å². The van der Waals surface area contributed by atoms with Gasteiger partial charge in [0.2, 0.25) is 5.91 Å². The number of ether oxygens (including phenoxy) is 1. The Morgan fingerprint density at radius 3 is 2.62 bits per heavy atom. The molecule has 1 aromatic rings. The fourth-order valence-electron chi connectivity index (χ4n) is 1.22. The summed E-state index contributed by atoms with van der Waals surface area (Å²) in [4.78, 5) is 22.5. The second-order valence-corrected chi connectivity index (χ2v) is 4.88. The van der Waals surface area contributed by atoms with Gasteiger partial charge in [-0.2, -0.15) is 0 Å². The molecule has 1 amide bonds. The van der Waals surface area contributed by atoms with Crippen LogP contribution >= 0.6 is 35.4 Å². The molecule has 0 fully saturated rings. The van der Waals surface area contributed by atoms with Crippen molar-refractivity contribution in [2.45, 2.75) is 6.92 Å². The Morgan fingerprint density at radius 1 is 1.29 bits per heavy atom. The zero-order chi connectivity index (χ0) is 15.8. The average Bonchev–Trinajstić information content (AvgIpc) is 2.41. The normalized spacial score (nSPS) is 10.2. The van der Waals surface area contributed by atoms with Gasteiger partial charge in [-0.25, -0.2) is 4.79 Å². The summed E-state index contributed by atoms with van der Waals surface area (Å²) >= 11 is 16.6. The minimum atomic E-state index is -0.601. The number of thiocarbonyl (C=S) groups is 1. The largest absolute Gasteiger partial charge is 0.463 e. The molecule has 112 valence electrons. The summed E-state index contributed by atoms with van der Waals surface area (Å²) in [5.74, 6) is -1.16. The zero-order valence-electron chi connectivity index (χ0n) is 11.0. The van der Waals surface area contributed by atoms with E-state index in [9.17, 15) is 9.59 Å². The van der Waals surface area contributed by atoms with Crippen molar-refractivity contribution in [2.24, 2.45) is 0 Å². The molecule has 0 bridgehead atoms. The first-order valence-corrected chi connectivity index (χ1v) is 7.00. The number of hydrogen-bond acceptors (Lipinski definition) is 4. The van der Waals surface area contributed by atoms with Crippen molar-refractivity contribution in [3.8, 4) is 0 Å². The summed E-state index contributed by atoms with van der Waals surface area (Å²) in [7, 11) is 0. The molecule has 0 spiro atoms. The highest BCUT2D eigenvalue weighted by molar-refractivity contribution is 7.80. The van der Waals surface area contributed by atoms with E-state index in [1.165, 1.54) is 0 Å². The van der Waals surface area contributed by atoms with E-state index in [0.29, 0.717) is 15.7 Å². The molecule has 0 atom stereocenters. The summed E-state index contributed by atoms with van der Waals surface area (Å²) < 4.78 is 4.64. The molecule has 21 heavy (non-hydrogen) atoms. The molecule has 0 saturated carbocycles. The van der Waals surface area contributed by atoms with Crippen molar-refractivity contribution in [3.05, 3.63) is 40.4 Å². The Labute approximate surface area is 137 Å². The third kappa shape index (κ3) is 6.57. The monoisotopic (exact) mass is 346 g/mol. The lowest BCUT2D eigenvalue weighted by molar-refractivity contribution is -0.137. The molecule has 0 aromatic heterocycles. The Morgan fingerprint density at radius 2 is 2.00 bits per heavy atom. The van der Waals surface area contributed by atoms with Crippen LogP contribution in [-0.2, 0) is 14.3 Å². The molecular weight excluding hydrogens is 335 g/mol. The number of anilines is 1. The van der Waals surface area contributed by atoms with E-state index in [2.05, 4.69) is 15.4 Å². The minimum absolute atomic E-state index is 0.0619. The standard InChI is InChI=1S/C13H12Cl2N2O3S/c1-2-20-12(19)6-5-11(18)17-13(21)16-8-3-4-9(14)10(15)7-8/h3-7H,2H2,1H3,(H2,16,17,18,21). The van der Waals surface area contributed by atoms with Crippen molar-refractivity contribution in [1.29, 1.82) is 0 Å². The fraction of sp³-hybridized carbons (Fsp3) is 0.154. The SMILES string of the molecule is CCOC(=O)C=CC(=O)NC(=S)Nc1ccc(Cl)c(Cl)c1. The van der Waals surface area contributed by atoms with Crippen LogP contribution in [-0.4, -0.2) is 23.6 Å². The minimum Gasteiger partial charge on any atom is -0.463 e. The number of hydrogen-bond donors (Lipinski definition) is 2. The maximum atomic E-state index is 11.5. The third-order valence-corrected chi connectivity index (χ3v) is 3.01. The molecule has 0 aliphatic heterocycles. The molecule has 2 N–H and O–H groups in total. The highest BCUT2D eigenvalue weighted by Gasteiger charge is 2.04. The summed E-state index contributed by atoms with van der Waals surface area (Å²) in [5, 5.41) is 5.96. The van der Waals surface area contributed by atoms with Gasteiger partial charge in [-0.1, -0.05) is 23.2 Å². The quantitative estimate of drug-likeness (QED) is 0.498. The Kier molecular flexibility index (Phi) is 7.14. The van der Waals surface area contributed by atoms with Gasteiger partial charge in [0.25, 0.3) is 0 Å². The van der Waals surface area contributed by atoms with E-state index < -0.39 is 11.9 Å². The highest BCUT2D eigenvalue weighted by atomic mass is 35.5. The first kappa shape index (κ1) is 17.4. The number of nitrogens with one attached hydrogen (secondary N) is 2. The van der Waals surface area contributed by atoms with Crippen LogP contribution in [0.1, 0.15) is 6.92 Å². The lowest BCUT2D eigenvalue weighted by Gasteiger charge is -2.08. The van der Waals surface area contributed by atoms with Crippen LogP contribution in [0.4, 0.5) is 5.69 Å². The van der Waals surface area contributed by atoms with Crippen molar-refractivity contribution < 1.29 is 14.3 Å². The van der Waals surface area contributed by atoms with Gasteiger partial charge in [0, 0.05) is 17.8 Å². The topological polar surface area (TPSA) is 67.4 Å². The third-order valence-electron chi connectivity index (χ3n) is 2.07. The summed E-state index contributed by atoms with van der Waals surface area (Å²) in [6.07, 6.45) is 2.04. The van der Waals surface area contributed by atoms with Crippen LogP contribution in [0.25, 0.3) is 0 Å². The molecule has 0 unspecified atom stereocenters. The van der Waals surface area contributed by atoms with Crippen LogP contribution in [0.2, 0.25) is 10.0 Å². The number of amides is 1. The summed E-state index contributed by atoms with van der Waals surface area (Å²) in [5.41, 5.74) is 0.573. The van der Waals surface area contributed by atoms with E-state index >= 15 is 0 Å². The fourth-order valence-corrected chi connectivity index (χ4v) is 1.74. The van der Waals surface area contributed by atoms with Crippen molar-refractivity contribution >= 4 is 58.1 Å². The highest BCUT2D eigenvalue weighted by Crippen LogP contribution is 2.24. The van der Waals surface area contributed by atoms with Gasteiger partial charge in [-0.15, -0.1) is 0 Å². The van der Waals surface area contributed by atoms with Gasteiger partial charge in [-0.3, -0.25) is 10.1 Å². The maximum absolute atomic E-state index is 11.5. The van der Waals surface area contributed by atoms with E-state index in [4.69, 9.17) is 35.4 Å². The Hall–Kier alpha value is -1.63. The van der Waals surface area contributed by atoms with Gasteiger partial charge < -0.3 is 10.1 Å². The number of carbonyl (C=O) groups is 2. The predicted molar refractivity (Wildman–Crippen MR) is 86.6 cm³/mol. The van der Waals surface area contributed by atoms with Gasteiger partial charge in [0.1, 0.15) is 0 Å². The molecule has 0 saturated heterocycles. The van der Waals surface area contributed by atoms with E-state index in [-0.39, 0.29) is 11.7 Å². The molecule has 1 rings (SSSR count). The molecule has 0 aliphatic rings. The predicted octanol–water partition coefficient (Wildman–Crippen LogP) is 2.93. The number of esters is 1. The second kappa shape index (κ2) is 8.61. The molecule has 0 radical (unpaired) electrons. The Balaban J connectivity index is 2.51. The molecule has 0 aliphatic carbocycles. The molecule has 8 heteroatoms. The van der Waals surface area contributed by atoms with E-state index in [1.807, 2.05) is 0 Å². The van der Waals surface area contributed by atoms with E-state index in [1.54, 1.807) is 25.1 Å². The van der Waals surface area contributed by atoms with Crippen molar-refractivity contribution in [3.63, 3.8) is 0 Å². The van der Waals surface area contributed by atoms with Gasteiger partial charge in [-0.05, 0) is 37.3 Å². The smallest absolute Gasteiger partial charge is 0.330 e. The summed E-state index contributed by atoms with van der Waals surface area (Å²) in [6, 6.07) is 4.81. The Bertz CT molecular complexity index is 591. The van der Waals surface area contributed by atoms with Gasteiger partial charge in [0.05, 0.1) is 16.7 Å². The molecule has 1 aromatic carbocycles. The lowest BCUT2D eigenvalue weighted by atomic mass is 10.3. The second-order valence-electron chi connectivity index (χ2n) is 3.66. The number of benzene rings is 1. The van der Waals surface area contributed by atoms with Crippen LogP contribution in [0, 0.1) is 0 Å². The number of rotatable bonds is 4. The van der Waals surface area contributed by atoms with Gasteiger partial charge >= 0.3 is 5.97 Å². The number of carbonyl (C=O) groups excluding carboxylic acids is 2. The lowest BCUT2D eigenvalue weighted by Crippen LogP contribution is -2.33. The van der Waals surface area contributed by atoms with Crippen molar-refractivity contribution in [2.75, 3.05) is 11.9 Å².